The Morgan fingerprint density at radius 3 is 2.47 bits per heavy atom. The summed E-state index contributed by atoms with van der Waals surface area (Å²) in [5.74, 6) is -1.37. The number of esters is 1. The number of hydrazone groups is 1. The number of amides is 2. The summed E-state index contributed by atoms with van der Waals surface area (Å²) in [6.07, 6.45) is -0.876. The first-order chi connectivity index (χ1) is 14.3. The van der Waals surface area contributed by atoms with Gasteiger partial charge in [0.05, 0.1) is 5.69 Å². The largest absolute Gasteiger partial charge is 0.443 e. The smallest absolute Gasteiger partial charge is 0.355 e. The fourth-order valence-electron chi connectivity index (χ4n) is 2.91. The molecule has 0 saturated carbocycles. The summed E-state index contributed by atoms with van der Waals surface area (Å²) in [5.41, 5.74) is 1.95. The van der Waals surface area contributed by atoms with Crippen LogP contribution in [0.3, 0.4) is 0 Å². The summed E-state index contributed by atoms with van der Waals surface area (Å²) in [5, 5.41) is 5.84. The van der Waals surface area contributed by atoms with E-state index in [9.17, 15) is 14.4 Å². The van der Waals surface area contributed by atoms with Crippen molar-refractivity contribution in [3.63, 3.8) is 0 Å². The van der Waals surface area contributed by atoms with Gasteiger partial charge in [-0.3, -0.25) is 9.59 Å². The Hall–Kier alpha value is -3.19. The second kappa shape index (κ2) is 9.09. The summed E-state index contributed by atoms with van der Waals surface area (Å²) in [4.78, 5) is 39.1. The van der Waals surface area contributed by atoms with Crippen LogP contribution < -0.4 is 5.01 Å². The summed E-state index contributed by atoms with van der Waals surface area (Å²) in [6, 6.07) is 13.9. The van der Waals surface area contributed by atoms with Crippen molar-refractivity contribution < 1.29 is 19.1 Å². The highest BCUT2D eigenvalue weighted by molar-refractivity contribution is 6.38. The van der Waals surface area contributed by atoms with E-state index >= 15 is 0 Å². The molecule has 3 rings (SSSR count). The van der Waals surface area contributed by atoms with Crippen LogP contribution in [0.1, 0.15) is 30.1 Å². The van der Waals surface area contributed by atoms with Crippen LogP contribution in [0.2, 0.25) is 5.02 Å². The fraction of sp³-hybridized carbons (Fsp3) is 0.273. The van der Waals surface area contributed by atoms with E-state index in [-0.39, 0.29) is 30.4 Å². The second-order valence-electron chi connectivity index (χ2n) is 7.11. The molecule has 0 N–H and O–H groups in total. The first-order valence-electron chi connectivity index (χ1n) is 9.41. The summed E-state index contributed by atoms with van der Waals surface area (Å²) in [6.45, 7) is 1.85. The first-order valence-corrected chi connectivity index (χ1v) is 9.79. The number of anilines is 1. The Balaban J connectivity index is 1.87. The molecule has 1 heterocycles. The summed E-state index contributed by atoms with van der Waals surface area (Å²) < 4.78 is 5.54. The lowest BCUT2D eigenvalue weighted by molar-refractivity contribution is -0.154. The van der Waals surface area contributed by atoms with Gasteiger partial charge in [0, 0.05) is 37.5 Å². The molecule has 2 aromatic carbocycles. The highest BCUT2D eigenvalue weighted by Crippen LogP contribution is 2.27. The van der Waals surface area contributed by atoms with Gasteiger partial charge in [-0.15, -0.1) is 0 Å². The van der Waals surface area contributed by atoms with Gasteiger partial charge in [0.2, 0.25) is 12.0 Å². The zero-order valence-electron chi connectivity index (χ0n) is 17.0. The molecule has 0 aromatic heterocycles. The van der Waals surface area contributed by atoms with Crippen LogP contribution in [0.4, 0.5) is 5.69 Å². The van der Waals surface area contributed by atoms with Crippen molar-refractivity contribution in [3.05, 3.63) is 64.7 Å². The van der Waals surface area contributed by atoms with Gasteiger partial charge in [-0.25, -0.2) is 9.80 Å². The van der Waals surface area contributed by atoms with Gasteiger partial charge in [-0.1, -0.05) is 48.0 Å². The van der Waals surface area contributed by atoms with Crippen molar-refractivity contribution >= 4 is 40.8 Å². The highest BCUT2D eigenvalue weighted by atomic mass is 35.5. The van der Waals surface area contributed by atoms with E-state index in [0.717, 1.165) is 10.6 Å². The zero-order chi connectivity index (χ0) is 21.8. The maximum Gasteiger partial charge on any atom is 0.355 e. The quantitative estimate of drug-likeness (QED) is 0.684. The highest BCUT2D eigenvalue weighted by Gasteiger charge is 2.31. The van der Waals surface area contributed by atoms with E-state index < -0.39 is 12.1 Å². The van der Waals surface area contributed by atoms with Gasteiger partial charge in [-0.2, -0.15) is 5.10 Å². The number of hydrogen-bond acceptors (Lipinski definition) is 5. The minimum Gasteiger partial charge on any atom is -0.443 e. The molecule has 1 aliphatic rings. The van der Waals surface area contributed by atoms with Crippen molar-refractivity contribution in [2.45, 2.75) is 25.9 Å². The second-order valence-corrected chi connectivity index (χ2v) is 7.52. The van der Waals surface area contributed by atoms with Crippen LogP contribution in [0.15, 0.2) is 53.6 Å². The normalized spacial score (nSPS) is 14.7. The lowest BCUT2D eigenvalue weighted by Crippen LogP contribution is -2.37. The minimum absolute atomic E-state index is 0.0683. The Morgan fingerprint density at radius 2 is 1.83 bits per heavy atom. The monoisotopic (exact) mass is 427 g/mol. The summed E-state index contributed by atoms with van der Waals surface area (Å²) >= 11 is 6.16. The molecule has 156 valence electrons. The number of rotatable bonds is 5. The molecule has 0 spiro atoms. The Labute approximate surface area is 179 Å². The molecule has 1 aliphatic heterocycles. The Bertz CT molecular complexity index is 1000. The molecule has 8 heteroatoms. The van der Waals surface area contributed by atoms with Crippen LogP contribution in [0, 0.1) is 6.92 Å². The predicted octanol–water partition coefficient (Wildman–Crippen LogP) is 3.50. The number of benzene rings is 2. The number of aryl methyl sites for hydroxylation is 1. The maximum absolute atomic E-state index is 12.8. The molecule has 0 saturated heterocycles. The van der Waals surface area contributed by atoms with Crippen LogP contribution in [0.25, 0.3) is 0 Å². The molecule has 1 unspecified atom stereocenters. The molecule has 0 aliphatic carbocycles. The van der Waals surface area contributed by atoms with E-state index in [1.807, 2.05) is 13.0 Å². The number of carbonyl (C=O) groups is 3. The number of ether oxygens (including phenoxy) is 1. The van der Waals surface area contributed by atoms with E-state index in [1.165, 1.54) is 4.90 Å². The molecule has 0 radical (unpaired) electrons. The SMILES string of the molecule is Cc1ccc(N2N=C(C(=O)OC(C(=O)N(C)C)c3ccccc3)CCC2=O)cc1Cl. The Morgan fingerprint density at radius 1 is 1.13 bits per heavy atom. The van der Waals surface area contributed by atoms with Gasteiger partial charge in [0.15, 0.2) is 0 Å². The van der Waals surface area contributed by atoms with Gasteiger partial charge >= 0.3 is 5.97 Å². The molecule has 2 aromatic rings. The molecular weight excluding hydrogens is 406 g/mol. The molecule has 1 atom stereocenters. The van der Waals surface area contributed by atoms with Crippen molar-refractivity contribution in [1.82, 2.24) is 4.90 Å². The van der Waals surface area contributed by atoms with Crippen molar-refractivity contribution in [3.8, 4) is 0 Å². The van der Waals surface area contributed by atoms with Crippen molar-refractivity contribution in [2.24, 2.45) is 5.10 Å². The topological polar surface area (TPSA) is 79.3 Å². The third kappa shape index (κ3) is 4.68. The lowest BCUT2D eigenvalue weighted by atomic mass is 10.1. The molecule has 0 fully saturated rings. The predicted molar refractivity (Wildman–Crippen MR) is 114 cm³/mol. The standard InChI is InChI=1S/C22H22ClN3O4/c1-14-9-10-16(13-17(14)23)26-19(27)12-11-18(24-26)22(29)30-20(21(28)25(2)3)15-7-5-4-6-8-15/h4-10,13,20H,11-12H2,1-3H3. The Kier molecular flexibility index (Phi) is 6.52. The average molecular weight is 428 g/mol. The molecule has 7 nitrogen and oxygen atoms in total. The molecule has 0 bridgehead atoms. The van der Waals surface area contributed by atoms with E-state index in [0.29, 0.717) is 16.3 Å². The van der Waals surface area contributed by atoms with Crippen LogP contribution in [-0.2, 0) is 19.1 Å². The maximum atomic E-state index is 12.8. The zero-order valence-corrected chi connectivity index (χ0v) is 17.7. The van der Waals surface area contributed by atoms with E-state index in [2.05, 4.69) is 5.10 Å². The number of halogens is 1. The number of hydrogen-bond donors (Lipinski definition) is 0. The molecular formula is C22H22ClN3O4. The van der Waals surface area contributed by atoms with Crippen LogP contribution in [0.5, 0.6) is 0 Å². The van der Waals surface area contributed by atoms with Crippen molar-refractivity contribution in [1.29, 1.82) is 0 Å². The van der Waals surface area contributed by atoms with Crippen molar-refractivity contribution in [2.75, 3.05) is 19.1 Å². The number of carbonyl (C=O) groups excluding carboxylic acids is 3. The lowest BCUT2D eigenvalue weighted by Gasteiger charge is -2.25. The van der Waals surface area contributed by atoms with Gasteiger partial charge in [0.1, 0.15) is 5.71 Å². The van der Waals surface area contributed by atoms with E-state index in [1.54, 1.807) is 56.6 Å². The number of likely N-dealkylation sites (N-methyl/N-ethyl adjacent to an activating group) is 1. The van der Waals surface area contributed by atoms with Gasteiger partial charge in [-0.05, 0) is 24.6 Å². The first kappa shape index (κ1) is 21.5. The molecule has 2 amide bonds. The van der Waals surface area contributed by atoms with Gasteiger partial charge in [0.25, 0.3) is 5.91 Å². The number of nitrogens with zero attached hydrogens (tertiary/aromatic N) is 3. The van der Waals surface area contributed by atoms with Crippen LogP contribution in [-0.4, -0.2) is 42.5 Å². The molecule has 30 heavy (non-hydrogen) atoms. The fourth-order valence-corrected chi connectivity index (χ4v) is 3.09. The van der Waals surface area contributed by atoms with E-state index in [4.69, 9.17) is 16.3 Å². The third-order valence-corrected chi connectivity index (χ3v) is 5.07. The third-order valence-electron chi connectivity index (χ3n) is 4.66. The van der Waals surface area contributed by atoms with Gasteiger partial charge < -0.3 is 9.64 Å². The minimum atomic E-state index is -1.10. The summed E-state index contributed by atoms with van der Waals surface area (Å²) in [7, 11) is 3.18. The van der Waals surface area contributed by atoms with Crippen LogP contribution >= 0.6 is 11.6 Å². The average Bonchev–Trinajstić information content (AvgIpc) is 2.74.